The van der Waals surface area contributed by atoms with Gasteiger partial charge in [0.15, 0.2) is 5.82 Å². The molecule has 0 spiro atoms. The fourth-order valence-corrected chi connectivity index (χ4v) is 2.62. The van der Waals surface area contributed by atoms with Gasteiger partial charge in [-0.1, -0.05) is 0 Å². The minimum absolute atomic E-state index is 0.166. The number of carbonyl (C=O) groups is 1. The summed E-state index contributed by atoms with van der Waals surface area (Å²) >= 11 is 1.13. The Bertz CT molecular complexity index is 629. The summed E-state index contributed by atoms with van der Waals surface area (Å²) in [5.41, 5.74) is 14.3. The van der Waals surface area contributed by atoms with Gasteiger partial charge in [-0.3, -0.25) is 9.48 Å². The molecule has 0 saturated heterocycles. The van der Waals surface area contributed by atoms with E-state index in [1.807, 2.05) is 25.6 Å². The Balaban J connectivity index is 2.22. The minimum Gasteiger partial charge on any atom is -0.382 e. The van der Waals surface area contributed by atoms with Crippen molar-refractivity contribution in [3.05, 3.63) is 22.5 Å². The quantitative estimate of drug-likeness (QED) is 0.766. The van der Waals surface area contributed by atoms with Gasteiger partial charge in [0.05, 0.1) is 5.69 Å². The maximum Gasteiger partial charge on any atom is 0.255 e. The predicted molar refractivity (Wildman–Crippen MR) is 75.1 cm³/mol. The van der Waals surface area contributed by atoms with Crippen molar-refractivity contribution in [1.29, 1.82) is 0 Å². The summed E-state index contributed by atoms with van der Waals surface area (Å²) in [4.78, 5) is 11.3. The molecule has 2 heterocycles. The molecule has 0 aliphatic carbocycles. The van der Waals surface area contributed by atoms with Crippen LogP contribution in [0.2, 0.25) is 0 Å². The lowest BCUT2D eigenvalue weighted by molar-refractivity contribution is 0.100. The van der Waals surface area contributed by atoms with Crippen LogP contribution in [0.3, 0.4) is 0 Å². The van der Waals surface area contributed by atoms with E-state index in [0.717, 1.165) is 28.5 Å². The molecule has 0 aliphatic heterocycles. The zero-order valence-electron chi connectivity index (χ0n) is 11.0. The summed E-state index contributed by atoms with van der Waals surface area (Å²) in [6.07, 6.45) is 0. The summed E-state index contributed by atoms with van der Waals surface area (Å²) in [5.74, 6) is -0.409. The Hall–Kier alpha value is -2.09. The maximum absolute atomic E-state index is 11.3. The van der Waals surface area contributed by atoms with Crippen molar-refractivity contribution in [1.82, 2.24) is 14.2 Å². The van der Waals surface area contributed by atoms with Crippen molar-refractivity contribution in [3.8, 4) is 0 Å². The Morgan fingerprint density at radius 2 is 2.16 bits per heavy atom. The Kier molecular flexibility index (Phi) is 3.43. The molecular formula is C11H16N6OS. The van der Waals surface area contributed by atoms with E-state index in [4.69, 9.17) is 11.5 Å². The molecular weight excluding hydrogens is 264 g/mol. The molecule has 2 aromatic heterocycles. The highest BCUT2D eigenvalue weighted by atomic mass is 32.1. The summed E-state index contributed by atoms with van der Waals surface area (Å²) in [5, 5.41) is 8.07. The normalized spacial score (nSPS) is 10.7. The van der Waals surface area contributed by atoms with E-state index >= 15 is 0 Å². The molecule has 7 nitrogen and oxygen atoms in total. The second kappa shape index (κ2) is 4.88. The van der Waals surface area contributed by atoms with Gasteiger partial charge >= 0.3 is 0 Å². The monoisotopic (exact) mass is 280 g/mol. The highest BCUT2D eigenvalue weighted by Crippen LogP contribution is 2.27. The highest BCUT2D eigenvalue weighted by molar-refractivity contribution is 7.11. The highest BCUT2D eigenvalue weighted by Gasteiger charge is 2.17. The second-order valence-electron chi connectivity index (χ2n) is 4.26. The van der Waals surface area contributed by atoms with Gasteiger partial charge in [0.1, 0.15) is 10.6 Å². The largest absolute Gasteiger partial charge is 0.382 e. The molecule has 19 heavy (non-hydrogen) atoms. The predicted octanol–water partition coefficient (Wildman–Crippen LogP) is 0.787. The molecule has 1 amide bonds. The lowest BCUT2D eigenvalue weighted by Gasteiger charge is -2.05. The summed E-state index contributed by atoms with van der Waals surface area (Å²) in [7, 11) is 1.89. The molecule has 2 rings (SSSR count). The molecule has 0 radical (unpaired) electrons. The van der Waals surface area contributed by atoms with E-state index in [-0.39, 0.29) is 11.4 Å². The number of hydrogen-bond donors (Lipinski definition) is 3. The number of nitrogen functional groups attached to an aromatic ring is 1. The van der Waals surface area contributed by atoms with Crippen LogP contribution >= 0.6 is 11.5 Å². The number of nitrogens with one attached hydrogen (secondary N) is 1. The van der Waals surface area contributed by atoms with Gasteiger partial charge in [0, 0.05) is 24.8 Å². The lowest BCUT2D eigenvalue weighted by Crippen LogP contribution is -2.14. The molecule has 0 atom stereocenters. The van der Waals surface area contributed by atoms with Gasteiger partial charge in [-0.15, -0.1) is 0 Å². The number of carbonyl (C=O) groups excluding carboxylic acids is 1. The molecule has 0 fully saturated rings. The average molecular weight is 280 g/mol. The van der Waals surface area contributed by atoms with E-state index in [1.54, 1.807) is 0 Å². The van der Waals surface area contributed by atoms with E-state index in [9.17, 15) is 4.79 Å². The number of amides is 1. The van der Waals surface area contributed by atoms with Crippen LogP contribution in [0, 0.1) is 13.8 Å². The van der Waals surface area contributed by atoms with Gasteiger partial charge in [0.25, 0.3) is 5.91 Å². The van der Waals surface area contributed by atoms with Crippen molar-refractivity contribution >= 4 is 28.3 Å². The Morgan fingerprint density at radius 1 is 1.47 bits per heavy atom. The number of primary amides is 1. The number of hydrogen-bond acceptors (Lipinski definition) is 6. The lowest BCUT2D eigenvalue weighted by atomic mass is 10.2. The zero-order chi connectivity index (χ0) is 14.2. The number of nitrogens with two attached hydrogens (primary N) is 2. The Morgan fingerprint density at radius 3 is 2.68 bits per heavy atom. The molecule has 0 unspecified atom stereocenters. The van der Waals surface area contributed by atoms with Crippen LogP contribution in [-0.4, -0.2) is 20.1 Å². The molecule has 5 N–H and O–H groups in total. The SMILES string of the molecule is Cc1nn(C)c(C)c1CNc1snc(N)c1C(N)=O. The molecule has 0 saturated carbocycles. The van der Waals surface area contributed by atoms with E-state index < -0.39 is 5.91 Å². The van der Waals surface area contributed by atoms with Crippen molar-refractivity contribution < 1.29 is 4.79 Å². The van der Waals surface area contributed by atoms with Gasteiger partial charge in [-0.2, -0.15) is 9.47 Å². The van der Waals surface area contributed by atoms with Crippen LogP contribution in [-0.2, 0) is 13.6 Å². The topological polar surface area (TPSA) is 112 Å². The second-order valence-corrected chi connectivity index (χ2v) is 5.04. The standard InChI is InChI=1S/C11H16N6OS/c1-5-7(6(2)17(3)15-5)4-14-11-8(10(13)18)9(12)16-19-11/h14H,4H2,1-3H3,(H2,12,16)(H2,13,18). The van der Waals surface area contributed by atoms with Crippen molar-refractivity contribution in [3.63, 3.8) is 0 Å². The van der Waals surface area contributed by atoms with Crippen LogP contribution in [0.25, 0.3) is 0 Å². The number of nitrogens with zero attached hydrogens (tertiary/aromatic N) is 3. The van der Waals surface area contributed by atoms with E-state index in [0.29, 0.717) is 11.5 Å². The number of aryl methyl sites for hydroxylation is 2. The zero-order valence-corrected chi connectivity index (χ0v) is 11.8. The van der Waals surface area contributed by atoms with Crippen LogP contribution < -0.4 is 16.8 Å². The van der Waals surface area contributed by atoms with Crippen molar-refractivity contribution in [2.45, 2.75) is 20.4 Å². The van der Waals surface area contributed by atoms with E-state index in [2.05, 4.69) is 14.8 Å². The molecule has 0 bridgehead atoms. The molecule has 2 aromatic rings. The molecule has 0 aromatic carbocycles. The van der Waals surface area contributed by atoms with Crippen LogP contribution in [0.15, 0.2) is 0 Å². The van der Waals surface area contributed by atoms with E-state index in [1.165, 1.54) is 0 Å². The first-order chi connectivity index (χ1) is 8.91. The average Bonchev–Trinajstić information content (AvgIpc) is 2.80. The maximum atomic E-state index is 11.3. The summed E-state index contributed by atoms with van der Waals surface area (Å²) in [6, 6.07) is 0. The third-order valence-electron chi connectivity index (χ3n) is 3.05. The molecule has 102 valence electrons. The number of aromatic nitrogens is 3. The minimum atomic E-state index is -0.576. The smallest absolute Gasteiger partial charge is 0.255 e. The third-order valence-corrected chi connectivity index (χ3v) is 3.87. The first-order valence-electron chi connectivity index (χ1n) is 5.69. The van der Waals surface area contributed by atoms with Crippen LogP contribution in [0.1, 0.15) is 27.3 Å². The van der Waals surface area contributed by atoms with Crippen LogP contribution in [0.5, 0.6) is 0 Å². The summed E-state index contributed by atoms with van der Waals surface area (Å²) in [6.45, 7) is 4.49. The summed E-state index contributed by atoms with van der Waals surface area (Å²) < 4.78 is 5.76. The first kappa shape index (κ1) is 13.3. The van der Waals surface area contributed by atoms with Gasteiger partial charge in [-0.25, -0.2) is 0 Å². The van der Waals surface area contributed by atoms with Crippen molar-refractivity contribution in [2.75, 3.05) is 11.1 Å². The van der Waals surface area contributed by atoms with Gasteiger partial charge < -0.3 is 16.8 Å². The van der Waals surface area contributed by atoms with Gasteiger partial charge in [0.2, 0.25) is 0 Å². The Labute approximate surface area is 114 Å². The number of rotatable bonds is 4. The third kappa shape index (κ3) is 2.39. The molecule has 0 aliphatic rings. The fourth-order valence-electron chi connectivity index (χ4n) is 1.90. The van der Waals surface area contributed by atoms with Crippen molar-refractivity contribution in [2.24, 2.45) is 12.8 Å². The van der Waals surface area contributed by atoms with Crippen LogP contribution in [0.4, 0.5) is 10.8 Å². The first-order valence-corrected chi connectivity index (χ1v) is 6.47. The van der Waals surface area contributed by atoms with Gasteiger partial charge in [-0.05, 0) is 25.4 Å². The fraction of sp³-hybridized carbons (Fsp3) is 0.364. The molecule has 8 heteroatoms. The number of anilines is 2.